The Morgan fingerprint density at radius 3 is 2.48 bits per heavy atom. The lowest BCUT2D eigenvalue weighted by Crippen LogP contribution is -2.39. The van der Waals surface area contributed by atoms with E-state index in [1.54, 1.807) is 0 Å². The molecule has 1 aromatic rings. The number of guanidine groups is 1. The summed E-state index contributed by atoms with van der Waals surface area (Å²) in [4.78, 5) is 4.56. The van der Waals surface area contributed by atoms with E-state index in [0.29, 0.717) is 6.61 Å². The van der Waals surface area contributed by atoms with Crippen molar-refractivity contribution in [3.05, 3.63) is 35.9 Å². The van der Waals surface area contributed by atoms with Crippen molar-refractivity contribution in [1.29, 1.82) is 0 Å². The molecule has 0 aliphatic heterocycles. The summed E-state index contributed by atoms with van der Waals surface area (Å²) in [6.07, 6.45) is 3.05. The topological polar surface area (TPSA) is 54.9 Å². The van der Waals surface area contributed by atoms with E-state index in [0.717, 1.165) is 64.7 Å². The van der Waals surface area contributed by atoms with Crippen molar-refractivity contribution in [1.82, 2.24) is 10.6 Å². The zero-order valence-corrected chi connectivity index (χ0v) is 18.0. The average Bonchev–Trinajstić information content (AvgIpc) is 2.61. The van der Waals surface area contributed by atoms with Gasteiger partial charge in [0.2, 0.25) is 0 Å². The van der Waals surface area contributed by atoms with E-state index in [4.69, 9.17) is 9.47 Å². The SMILES string of the molecule is CCNC(=NCCCCOCCc1ccccc1)NCCOCC.I. The molecule has 0 saturated heterocycles. The number of aliphatic imine (C=N–C) groups is 1. The molecule has 0 spiro atoms. The van der Waals surface area contributed by atoms with Gasteiger partial charge in [0.05, 0.1) is 13.2 Å². The zero-order valence-electron chi connectivity index (χ0n) is 15.6. The van der Waals surface area contributed by atoms with Crippen LogP contribution in [0.1, 0.15) is 32.3 Å². The fourth-order valence-electron chi connectivity index (χ4n) is 2.17. The monoisotopic (exact) mass is 463 g/mol. The van der Waals surface area contributed by atoms with Crippen LogP contribution in [-0.4, -0.2) is 52.0 Å². The van der Waals surface area contributed by atoms with Crippen LogP contribution >= 0.6 is 24.0 Å². The number of benzene rings is 1. The first-order valence-corrected chi connectivity index (χ1v) is 9.08. The Morgan fingerprint density at radius 2 is 1.76 bits per heavy atom. The third kappa shape index (κ3) is 14.0. The molecule has 5 nitrogen and oxygen atoms in total. The van der Waals surface area contributed by atoms with Crippen LogP contribution in [0.2, 0.25) is 0 Å². The van der Waals surface area contributed by atoms with Crippen molar-refractivity contribution >= 4 is 29.9 Å². The lowest BCUT2D eigenvalue weighted by atomic mass is 10.2. The molecule has 0 fully saturated rings. The number of nitrogens with one attached hydrogen (secondary N) is 2. The Kier molecular flexibility index (Phi) is 17.3. The van der Waals surface area contributed by atoms with Crippen LogP contribution in [0.5, 0.6) is 0 Å². The van der Waals surface area contributed by atoms with Crippen LogP contribution in [0.25, 0.3) is 0 Å². The smallest absolute Gasteiger partial charge is 0.191 e. The summed E-state index contributed by atoms with van der Waals surface area (Å²) in [5, 5.41) is 6.51. The van der Waals surface area contributed by atoms with Gasteiger partial charge >= 0.3 is 0 Å². The summed E-state index contributed by atoms with van der Waals surface area (Å²) < 4.78 is 11.0. The highest BCUT2D eigenvalue weighted by molar-refractivity contribution is 14.0. The Bertz CT molecular complexity index is 430. The van der Waals surface area contributed by atoms with Gasteiger partial charge in [0.25, 0.3) is 0 Å². The Morgan fingerprint density at radius 1 is 0.960 bits per heavy atom. The van der Waals surface area contributed by atoms with Gasteiger partial charge in [-0.2, -0.15) is 0 Å². The normalized spacial score (nSPS) is 11.0. The maximum absolute atomic E-state index is 5.69. The summed E-state index contributed by atoms with van der Waals surface area (Å²) in [6, 6.07) is 10.4. The Balaban J connectivity index is 0.00000576. The maximum Gasteiger partial charge on any atom is 0.191 e. The number of hydrogen-bond acceptors (Lipinski definition) is 3. The van der Waals surface area contributed by atoms with Crippen LogP contribution in [0.3, 0.4) is 0 Å². The lowest BCUT2D eigenvalue weighted by Gasteiger charge is -2.11. The Hall–Kier alpha value is -0.860. The van der Waals surface area contributed by atoms with E-state index in [2.05, 4.69) is 46.8 Å². The fourth-order valence-corrected chi connectivity index (χ4v) is 2.17. The zero-order chi connectivity index (χ0) is 17.3. The second kappa shape index (κ2) is 17.9. The largest absolute Gasteiger partial charge is 0.381 e. The van der Waals surface area contributed by atoms with E-state index in [9.17, 15) is 0 Å². The lowest BCUT2D eigenvalue weighted by molar-refractivity contribution is 0.134. The highest BCUT2D eigenvalue weighted by Crippen LogP contribution is 2.00. The van der Waals surface area contributed by atoms with Crippen molar-refractivity contribution in [2.75, 3.05) is 46.1 Å². The highest BCUT2D eigenvalue weighted by Gasteiger charge is 1.97. The van der Waals surface area contributed by atoms with Gasteiger partial charge in [-0.3, -0.25) is 4.99 Å². The van der Waals surface area contributed by atoms with Crippen molar-refractivity contribution < 1.29 is 9.47 Å². The van der Waals surface area contributed by atoms with Crippen LogP contribution in [0, 0.1) is 0 Å². The van der Waals surface area contributed by atoms with Gasteiger partial charge < -0.3 is 20.1 Å². The molecule has 0 aliphatic carbocycles. The molecule has 0 amide bonds. The fraction of sp³-hybridized carbons (Fsp3) is 0.632. The van der Waals surface area contributed by atoms with Crippen LogP contribution in [0.15, 0.2) is 35.3 Å². The summed E-state index contributed by atoms with van der Waals surface area (Å²) in [5.74, 6) is 0.863. The molecular formula is C19H34IN3O2. The van der Waals surface area contributed by atoms with E-state index in [1.807, 2.05) is 13.0 Å². The molecule has 0 radical (unpaired) electrons. The molecule has 0 saturated carbocycles. The van der Waals surface area contributed by atoms with Crippen molar-refractivity contribution in [2.24, 2.45) is 4.99 Å². The number of halogens is 1. The van der Waals surface area contributed by atoms with Crippen molar-refractivity contribution in [3.8, 4) is 0 Å². The minimum absolute atomic E-state index is 0. The predicted molar refractivity (Wildman–Crippen MR) is 116 cm³/mol. The van der Waals surface area contributed by atoms with Crippen LogP contribution < -0.4 is 10.6 Å². The molecule has 2 N–H and O–H groups in total. The van der Waals surface area contributed by atoms with Gasteiger partial charge in [0, 0.05) is 32.8 Å². The third-order valence-corrected chi connectivity index (χ3v) is 3.43. The van der Waals surface area contributed by atoms with Crippen molar-refractivity contribution in [2.45, 2.75) is 33.1 Å². The summed E-state index contributed by atoms with van der Waals surface area (Å²) in [6.45, 7) is 9.57. The number of hydrogen-bond donors (Lipinski definition) is 2. The molecule has 144 valence electrons. The molecule has 0 aliphatic rings. The van der Waals surface area contributed by atoms with Gasteiger partial charge in [-0.05, 0) is 38.7 Å². The van der Waals surface area contributed by atoms with E-state index < -0.39 is 0 Å². The molecule has 1 rings (SSSR count). The standard InChI is InChI=1S/C19H33N3O2.HI/c1-3-20-19(22-14-17-23-4-2)21-13-8-9-15-24-16-12-18-10-6-5-7-11-18;/h5-7,10-11H,3-4,8-9,12-17H2,1-2H3,(H2,20,21,22);1H. The highest BCUT2D eigenvalue weighted by atomic mass is 127. The molecule has 1 aromatic carbocycles. The predicted octanol–water partition coefficient (Wildman–Crippen LogP) is 3.24. The van der Waals surface area contributed by atoms with Crippen LogP contribution in [0.4, 0.5) is 0 Å². The van der Waals surface area contributed by atoms with Gasteiger partial charge in [-0.15, -0.1) is 24.0 Å². The third-order valence-electron chi connectivity index (χ3n) is 3.43. The second-order valence-electron chi connectivity index (χ2n) is 5.44. The van der Waals surface area contributed by atoms with Crippen molar-refractivity contribution in [3.63, 3.8) is 0 Å². The minimum atomic E-state index is 0. The maximum atomic E-state index is 5.69. The molecule has 0 unspecified atom stereocenters. The van der Waals surface area contributed by atoms with E-state index in [-0.39, 0.29) is 24.0 Å². The number of rotatable bonds is 13. The minimum Gasteiger partial charge on any atom is -0.381 e. The summed E-state index contributed by atoms with van der Waals surface area (Å²) in [7, 11) is 0. The first-order valence-electron chi connectivity index (χ1n) is 9.08. The molecule has 25 heavy (non-hydrogen) atoms. The average molecular weight is 463 g/mol. The molecule has 0 aromatic heterocycles. The van der Waals surface area contributed by atoms with Gasteiger partial charge in [-0.1, -0.05) is 30.3 Å². The molecule has 6 heteroatoms. The van der Waals surface area contributed by atoms with Gasteiger partial charge in [0.15, 0.2) is 5.96 Å². The summed E-state index contributed by atoms with van der Waals surface area (Å²) >= 11 is 0. The quantitative estimate of drug-likeness (QED) is 0.204. The Labute approximate surface area is 170 Å². The van der Waals surface area contributed by atoms with E-state index in [1.165, 1.54) is 5.56 Å². The first-order chi connectivity index (χ1) is 11.9. The number of ether oxygens (including phenoxy) is 2. The summed E-state index contributed by atoms with van der Waals surface area (Å²) in [5.41, 5.74) is 1.33. The van der Waals surface area contributed by atoms with Gasteiger partial charge in [-0.25, -0.2) is 0 Å². The number of nitrogens with zero attached hydrogens (tertiary/aromatic N) is 1. The molecule has 0 atom stereocenters. The van der Waals surface area contributed by atoms with Crippen LogP contribution in [-0.2, 0) is 15.9 Å². The first kappa shape index (κ1) is 24.1. The molecular weight excluding hydrogens is 429 g/mol. The molecule has 0 bridgehead atoms. The number of unbranched alkanes of at least 4 members (excludes halogenated alkanes) is 1. The van der Waals surface area contributed by atoms with E-state index >= 15 is 0 Å². The molecule has 0 heterocycles. The second-order valence-corrected chi connectivity index (χ2v) is 5.44. The van der Waals surface area contributed by atoms with Gasteiger partial charge in [0.1, 0.15) is 0 Å².